The van der Waals surface area contributed by atoms with Crippen LogP contribution < -0.4 is 19.9 Å². The lowest BCUT2D eigenvalue weighted by Gasteiger charge is -2.17. The Morgan fingerprint density at radius 2 is 1.88 bits per heavy atom. The Kier molecular flexibility index (Phi) is 5.67. The average molecular weight is 343 g/mol. The van der Waals surface area contributed by atoms with Crippen LogP contribution in [0.4, 0.5) is 0 Å². The van der Waals surface area contributed by atoms with Gasteiger partial charge in [-0.25, -0.2) is 0 Å². The number of nitrogens with one attached hydrogen (secondary N) is 1. The van der Waals surface area contributed by atoms with E-state index in [0.717, 1.165) is 0 Å². The summed E-state index contributed by atoms with van der Waals surface area (Å²) in [6, 6.07) is 5.54. The van der Waals surface area contributed by atoms with Crippen molar-refractivity contribution in [1.29, 1.82) is 5.26 Å². The van der Waals surface area contributed by atoms with Crippen LogP contribution in [0.1, 0.15) is 28.7 Å². The molecule has 0 amide bonds. The molecule has 0 radical (unpaired) electrons. The first-order valence-corrected chi connectivity index (χ1v) is 7.69. The number of hydrogen-bond acceptors (Lipinski definition) is 6. The maximum atomic E-state index is 12.2. The molecule has 0 spiro atoms. The number of nitrogens with two attached hydrogens (primary N) is 1. The number of H-pyrrole nitrogens is 1. The quantitative estimate of drug-likeness (QED) is 0.746. The molecule has 0 aliphatic rings. The molecule has 2 rings (SSSR count). The zero-order valence-corrected chi connectivity index (χ0v) is 14.7. The summed E-state index contributed by atoms with van der Waals surface area (Å²) in [6.07, 6.45) is 0.481. The van der Waals surface area contributed by atoms with E-state index in [4.69, 9.17) is 19.9 Å². The number of ketones is 1. The van der Waals surface area contributed by atoms with Gasteiger partial charge in [0.05, 0.1) is 26.9 Å². The first kappa shape index (κ1) is 18.4. The van der Waals surface area contributed by atoms with Crippen LogP contribution in [0.25, 0.3) is 11.1 Å². The van der Waals surface area contributed by atoms with Crippen molar-refractivity contribution in [3.05, 3.63) is 29.1 Å². The topological polar surface area (TPSA) is 110 Å². The van der Waals surface area contributed by atoms with E-state index in [2.05, 4.69) is 4.98 Å². The van der Waals surface area contributed by atoms with Crippen molar-refractivity contribution in [3.8, 4) is 34.4 Å². The van der Waals surface area contributed by atoms with Gasteiger partial charge in [-0.05, 0) is 25.6 Å². The zero-order chi connectivity index (χ0) is 18.6. The lowest BCUT2D eigenvalue weighted by atomic mass is 9.95. The predicted octanol–water partition coefficient (Wildman–Crippen LogP) is 2.28. The summed E-state index contributed by atoms with van der Waals surface area (Å²) in [7, 11) is 4.55. The van der Waals surface area contributed by atoms with Crippen LogP contribution in [-0.4, -0.2) is 38.6 Å². The molecule has 132 valence electrons. The van der Waals surface area contributed by atoms with E-state index in [0.29, 0.717) is 52.6 Å². The van der Waals surface area contributed by atoms with E-state index >= 15 is 0 Å². The van der Waals surface area contributed by atoms with Gasteiger partial charge >= 0.3 is 0 Å². The number of methoxy groups -OCH3 is 3. The molecule has 0 saturated carbocycles. The van der Waals surface area contributed by atoms with Crippen molar-refractivity contribution in [2.75, 3.05) is 27.9 Å². The molecule has 0 aliphatic carbocycles. The molecular formula is C18H21N3O4. The minimum Gasteiger partial charge on any atom is -0.493 e. The highest BCUT2D eigenvalue weighted by Gasteiger charge is 2.26. The Morgan fingerprint density at radius 1 is 1.20 bits per heavy atom. The van der Waals surface area contributed by atoms with Gasteiger partial charge < -0.3 is 24.9 Å². The molecule has 0 saturated heterocycles. The fraction of sp³-hybridized carbons (Fsp3) is 0.333. The highest BCUT2D eigenvalue weighted by atomic mass is 16.5. The van der Waals surface area contributed by atoms with E-state index < -0.39 is 0 Å². The Bertz CT molecular complexity index is 834. The van der Waals surface area contributed by atoms with E-state index in [1.807, 2.05) is 6.07 Å². The summed E-state index contributed by atoms with van der Waals surface area (Å²) in [5, 5.41) is 9.39. The van der Waals surface area contributed by atoms with Crippen molar-refractivity contribution < 1.29 is 19.0 Å². The van der Waals surface area contributed by atoms with Gasteiger partial charge in [0.1, 0.15) is 11.8 Å². The van der Waals surface area contributed by atoms with Gasteiger partial charge in [0, 0.05) is 23.2 Å². The molecule has 0 bridgehead atoms. The van der Waals surface area contributed by atoms with Crippen molar-refractivity contribution in [3.63, 3.8) is 0 Å². The van der Waals surface area contributed by atoms with Gasteiger partial charge in [-0.2, -0.15) is 5.26 Å². The number of Topliss-reactive ketones (excluding diaryl/α,β-unsaturated/α-hetero) is 1. The minimum atomic E-state index is -0.220. The molecular weight excluding hydrogens is 322 g/mol. The molecule has 3 N–H and O–H groups in total. The van der Waals surface area contributed by atoms with Crippen molar-refractivity contribution in [1.82, 2.24) is 4.98 Å². The molecule has 7 heteroatoms. The van der Waals surface area contributed by atoms with Crippen LogP contribution >= 0.6 is 0 Å². The number of nitriles is 1. The number of aromatic nitrogens is 1. The number of benzene rings is 1. The monoisotopic (exact) mass is 343 g/mol. The van der Waals surface area contributed by atoms with Crippen LogP contribution in [0.15, 0.2) is 12.1 Å². The van der Waals surface area contributed by atoms with Crippen LogP contribution in [-0.2, 0) is 6.42 Å². The number of aromatic amines is 1. The summed E-state index contributed by atoms with van der Waals surface area (Å²) in [6.45, 7) is 1.79. The Hall–Kier alpha value is -2.98. The van der Waals surface area contributed by atoms with Crippen LogP contribution in [0.3, 0.4) is 0 Å². The molecule has 25 heavy (non-hydrogen) atoms. The van der Waals surface area contributed by atoms with Gasteiger partial charge in [-0.15, -0.1) is 0 Å². The Morgan fingerprint density at radius 3 is 2.36 bits per heavy atom. The molecule has 1 aromatic heterocycles. The lowest BCUT2D eigenvalue weighted by molar-refractivity contribution is 0.101. The second-order valence-corrected chi connectivity index (χ2v) is 5.32. The molecule has 2 aromatic rings. The molecule has 0 atom stereocenters. The number of nitrogens with zero attached hydrogens (tertiary/aromatic N) is 1. The first-order chi connectivity index (χ1) is 12.0. The van der Waals surface area contributed by atoms with Gasteiger partial charge in [0.25, 0.3) is 0 Å². The molecule has 0 aliphatic heterocycles. The summed E-state index contributed by atoms with van der Waals surface area (Å²) in [5.41, 5.74) is 8.16. The second kappa shape index (κ2) is 7.73. The fourth-order valence-corrected chi connectivity index (χ4v) is 2.91. The summed E-state index contributed by atoms with van der Waals surface area (Å²) in [4.78, 5) is 15.2. The van der Waals surface area contributed by atoms with E-state index in [1.54, 1.807) is 12.1 Å². The number of rotatable bonds is 7. The highest BCUT2D eigenvalue weighted by Crippen LogP contribution is 2.46. The maximum absolute atomic E-state index is 12.2. The molecule has 7 nitrogen and oxygen atoms in total. The summed E-state index contributed by atoms with van der Waals surface area (Å²) in [5.74, 6) is 1.12. The standard InChI is InChI=1S/C18H21N3O4/c1-10(22)15-13(9-20)21-12(7-8-19)16(15)11-5-6-14(23-2)18(25-4)17(11)24-3/h5-6,21H,7-8,19H2,1-4H3. The minimum absolute atomic E-state index is 0.211. The normalized spacial score (nSPS) is 10.2. The third-order valence-electron chi connectivity index (χ3n) is 3.91. The maximum Gasteiger partial charge on any atom is 0.203 e. The van der Waals surface area contributed by atoms with Crippen LogP contribution in [0.5, 0.6) is 17.2 Å². The Balaban J connectivity index is 2.88. The van der Waals surface area contributed by atoms with Crippen molar-refractivity contribution >= 4 is 5.78 Å². The number of hydrogen-bond donors (Lipinski definition) is 2. The van der Waals surface area contributed by atoms with Gasteiger partial charge in [0.15, 0.2) is 17.3 Å². The van der Waals surface area contributed by atoms with Crippen molar-refractivity contribution in [2.24, 2.45) is 5.73 Å². The summed E-state index contributed by atoms with van der Waals surface area (Å²) >= 11 is 0. The summed E-state index contributed by atoms with van der Waals surface area (Å²) < 4.78 is 16.2. The molecule has 0 unspecified atom stereocenters. The third kappa shape index (κ3) is 3.16. The smallest absolute Gasteiger partial charge is 0.203 e. The highest BCUT2D eigenvalue weighted by molar-refractivity contribution is 6.04. The third-order valence-corrected chi connectivity index (χ3v) is 3.91. The van der Waals surface area contributed by atoms with E-state index in [1.165, 1.54) is 28.3 Å². The molecule has 1 heterocycles. The molecule has 1 aromatic carbocycles. The SMILES string of the molecule is COc1ccc(-c2c(CCN)[nH]c(C#N)c2C(C)=O)c(OC)c1OC. The number of ether oxygens (including phenoxy) is 3. The van der Waals surface area contributed by atoms with Crippen LogP contribution in [0.2, 0.25) is 0 Å². The fourth-order valence-electron chi connectivity index (χ4n) is 2.91. The largest absolute Gasteiger partial charge is 0.493 e. The van der Waals surface area contributed by atoms with E-state index in [-0.39, 0.29) is 11.5 Å². The van der Waals surface area contributed by atoms with Gasteiger partial charge in [-0.1, -0.05) is 0 Å². The van der Waals surface area contributed by atoms with Gasteiger partial charge in [0.2, 0.25) is 5.75 Å². The van der Waals surface area contributed by atoms with Crippen LogP contribution in [0, 0.1) is 11.3 Å². The van der Waals surface area contributed by atoms with Crippen molar-refractivity contribution in [2.45, 2.75) is 13.3 Å². The molecule has 0 fully saturated rings. The van der Waals surface area contributed by atoms with E-state index in [9.17, 15) is 10.1 Å². The second-order valence-electron chi connectivity index (χ2n) is 5.32. The Labute approximate surface area is 146 Å². The number of carbonyl (C=O) groups is 1. The van der Waals surface area contributed by atoms with Gasteiger partial charge in [-0.3, -0.25) is 4.79 Å². The average Bonchev–Trinajstić information content (AvgIpc) is 2.98. The first-order valence-electron chi connectivity index (χ1n) is 7.69. The predicted molar refractivity (Wildman–Crippen MR) is 93.4 cm³/mol. The number of carbonyl (C=O) groups excluding carboxylic acids is 1. The lowest BCUT2D eigenvalue weighted by Crippen LogP contribution is -2.05. The zero-order valence-electron chi connectivity index (χ0n) is 14.7.